The predicted molar refractivity (Wildman–Crippen MR) is 62.4 cm³/mol. The highest BCUT2D eigenvalue weighted by molar-refractivity contribution is 6.31. The van der Waals surface area contributed by atoms with Gasteiger partial charge in [-0.05, 0) is 11.8 Å². The normalized spacial score (nSPS) is 14.3. The maximum absolute atomic E-state index is 6.10. The molecule has 4 nitrogen and oxygen atoms in total. The lowest BCUT2D eigenvalue weighted by Crippen LogP contribution is -2.39. The molecular weight excluding hydrogens is 212 g/mol. The van der Waals surface area contributed by atoms with Gasteiger partial charge in [0.25, 0.3) is 0 Å². The molecule has 1 heterocycles. The Balaban J connectivity index is 3.13. The number of nitrogens with one attached hydrogen (secondary N) is 1. The van der Waals surface area contributed by atoms with Crippen LogP contribution in [0.5, 0.6) is 0 Å². The maximum atomic E-state index is 6.10. The van der Waals surface area contributed by atoms with Gasteiger partial charge in [-0.2, -0.15) is 5.10 Å². The van der Waals surface area contributed by atoms with Crippen molar-refractivity contribution in [2.24, 2.45) is 18.3 Å². The minimum absolute atomic E-state index is 0.00231. The highest BCUT2D eigenvalue weighted by Gasteiger charge is 2.32. The van der Waals surface area contributed by atoms with E-state index < -0.39 is 0 Å². The number of halogens is 1. The lowest BCUT2D eigenvalue weighted by atomic mass is 9.80. The Labute approximate surface area is 95.8 Å². The molecule has 0 bridgehead atoms. The van der Waals surface area contributed by atoms with Crippen molar-refractivity contribution >= 4 is 11.6 Å². The fourth-order valence-corrected chi connectivity index (χ4v) is 1.90. The molecule has 0 saturated heterocycles. The van der Waals surface area contributed by atoms with Gasteiger partial charge in [-0.15, -0.1) is 0 Å². The van der Waals surface area contributed by atoms with Crippen molar-refractivity contribution < 1.29 is 0 Å². The van der Waals surface area contributed by atoms with Crippen LogP contribution in [0.4, 0.5) is 0 Å². The average molecular weight is 231 g/mol. The first-order valence-corrected chi connectivity index (χ1v) is 5.45. The van der Waals surface area contributed by atoms with Crippen LogP contribution in [0.1, 0.15) is 38.9 Å². The van der Waals surface area contributed by atoms with Gasteiger partial charge in [-0.1, -0.05) is 32.4 Å². The number of aryl methyl sites for hydroxylation is 1. The van der Waals surface area contributed by atoms with Gasteiger partial charge in [0, 0.05) is 7.05 Å². The molecule has 1 unspecified atom stereocenters. The summed E-state index contributed by atoms with van der Waals surface area (Å²) >= 11 is 6.10. The molecule has 1 aromatic rings. The van der Waals surface area contributed by atoms with E-state index in [4.69, 9.17) is 17.4 Å². The Morgan fingerprint density at radius 3 is 2.60 bits per heavy atom. The summed E-state index contributed by atoms with van der Waals surface area (Å²) in [6.07, 6.45) is 2.65. The molecule has 0 radical (unpaired) electrons. The smallest absolute Gasteiger partial charge is 0.0834 e. The standard InChI is InChI=1S/C10H19ClN4/c1-5-10(2,3)9(14-12)8-7(11)6-13-15(8)4/h6,9,14H,5,12H2,1-4H3. The van der Waals surface area contributed by atoms with E-state index in [0.29, 0.717) is 5.02 Å². The van der Waals surface area contributed by atoms with Gasteiger partial charge < -0.3 is 0 Å². The molecule has 1 rings (SSSR count). The minimum Gasteiger partial charge on any atom is -0.271 e. The van der Waals surface area contributed by atoms with E-state index in [1.165, 1.54) is 0 Å². The fourth-order valence-electron chi connectivity index (χ4n) is 1.62. The highest BCUT2D eigenvalue weighted by Crippen LogP contribution is 2.38. The third kappa shape index (κ3) is 2.33. The highest BCUT2D eigenvalue weighted by atomic mass is 35.5. The van der Waals surface area contributed by atoms with Crippen molar-refractivity contribution in [2.45, 2.75) is 33.2 Å². The second kappa shape index (κ2) is 4.51. The molecule has 1 atom stereocenters. The first-order chi connectivity index (χ1) is 6.94. The van der Waals surface area contributed by atoms with Crippen LogP contribution in [0, 0.1) is 5.41 Å². The van der Waals surface area contributed by atoms with Gasteiger partial charge in [0.2, 0.25) is 0 Å². The molecule has 3 N–H and O–H groups in total. The van der Waals surface area contributed by atoms with Gasteiger partial charge >= 0.3 is 0 Å². The first-order valence-electron chi connectivity index (χ1n) is 5.07. The Kier molecular flexibility index (Phi) is 3.76. The number of rotatable bonds is 4. The van der Waals surface area contributed by atoms with E-state index in [1.807, 2.05) is 7.05 Å². The van der Waals surface area contributed by atoms with E-state index in [1.54, 1.807) is 10.9 Å². The number of hydrazine groups is 1. The van der Waals surface area contributed by atoms with Crippen molar-refractivity contribution in [1.29, 1.82) is 0 Å². The number of nitrogens with two attached hydrogens (primary N) is 1. The summed E-state index contributed by atoms with van der Waals surface area (Å²) in [5.74, 6) is 5.61. The summed E-state index contributed by atoms with van der Waals surface area (Å²) in [5, 5.41) is 4.78. The van der Waals surface area contributed by atoms with E-state index in [-0.39, 0.29) is 11.5 Å². The van der Waals surface area contributed by atoms with Gasteiger partial charge in [-0.25, -0.2) is 0 Å². The van der Waals surface area contributed by atoms with Crippen LogP contribution >= 0.6 is 11.6 Å². The van der Waals surface area contributed by atoms with Crippen LogP contribution in [0.3, 0.4) is 0 Å². The second-order valence-electron chi connectivity index (χ2n) is 4.44. The molecule has 0 aliphatic rings. The van der Waals surface area contributed by atoms with Crippen LogP contribution in [0.25, 0.3) is 0 Å². The van der Waals surface area contributed by atoms with Gasteiger partial charge in [0.05, 0.1) is 23.0 Å². The summed E-state index contributed by atoms with van der Waals surface area (Å²) < 4.78 is 1.77. The molecule has 86 valence electrons. The van der Waals surface area contributed by atoms with Gasteiger partial charge in [0.1, 0.15) is 0 Å². The zero-order valence-electron chi connectivity index (χ0n) is 9.71. The van der Waals surface area contributed by atoms with Crippen LogP contribution in [-0.2, 0) is 7.05 Å². The number of aromatic nitrogens is 2. The van der Waals surface area contributed by atoms with E-state index >= 15 is 0 Å². The second-order valence-corrected chi connectivity index (χ2v) is 4.85. The summed E-state index contributed by atoms with van der Waals surface area (Å²) in [6, 6.07) is 0.00231. The lowest BCUT2D eigenvalue weighted by Gasteiger charge is -2.33. The molecule has 1 aromatic heterocycles. The molecule has 0 aliphatic heterocycles. The topological polar surface area (TPSA) is 55.9 Å². The van der Waals surface area contributed by atoms with Crippen molar-refractivity contribution in [3.8, 4) is 0 Å². The fraction of sp³-hybridized carbons (Fsp3) is 0.700. The SMILES string of the molecule is CCC(C)(C)C(NN)c1c(Cl)cnn1C. The number of hydrogen-bond donors (Lipinski definition) is 2. The number of hydrogen-bond acceptors (Lipinski definition) is 3. The molecule has 0 aliphatic carbocycles. The Hall–Kier alpha value is -0.580. The molecule has 0 saturated carbocycles. The zero-order valence-corrected chi connectivity index (χ0v) is 10.5. The van der Waals surface area contributed by atoms with E-state index in [0.717, 1.165) is 12.1 Å². The minimum atomic E-state index is 0.00231. The zero-order chi connectivity index (χ0) is 11.6. The quantitative estimate of drug-likeness (QED) is 0.615. The molecule has 5 heteroatoms. The molecule has 0 spiro atoms. The third-order valence-electron chi connectivity index (χ3n) is 3.07. The lowest BCUT2D eigenvalue weighted by molar-refractivity contribution is 0.226. The van der Waals surface area contributed by atoms with Crippen molar-refractivity contribution in [3.63, 3.8) is 0 Å². The van der Waals surface area contributed by atoms with Crippen LogP contribution in [0.15, 0.2) is 6.20 Å². The molecule has 0 aromatic carbocycles. The van der Waals surface area contributed by atoms with Crippen LogP contribution in [-0.4, -0.2) is 9.78 Å². The molecule has 15 heavy (non-hydrogen) atoms. The van der Waals surface area contributed by atoms with Crippen molar-refractivity contribution in [1.82, 2.24) is 15.2 Å². The Morgan fingerprint density at radius 1 is 1.67 bits per heavy atom. The predicted octanol–water partition coefficient (Wildman–Crippen LogP) is 2.01. The monoisotopic (exact) mass is 230 g/mol. The maximum Gasteiger partial charge on any atom is 0.0834 e. The van der Waals surface area contributed by atoms with Gasteiger partial charge in [-0.3, -0.25) is 16.0 Å². The van der Waals surface area contributed by atoms with Gasteiger partial charge in [0.15, 0.2) is 0 Å². The summed E-state index contributed by atoms with van der Waals surface area (Å²) in [6.45, 7) is 6.44. The van der Waals surface area contributed by atoms with Crippen molar-refractivity contribution in [2.75, 3.05) is 0 Å². The van der Waals surface area contributed by atoms with E-state index in [9.17, 15) is 0 Å². The first kappa shape index (κ1) is 12.5. The largest absolute Gasteiger partial charge is 0.271 e. The molecular formula is C10H19ClN4. The molecule has 0 amide bonds. The Morgan fingerprint density at radius 2 is 2.27 bits per heavy atom. The van der Waals surface area contributed by atoms with Crippen LogP contribution < -0.4 is 11.3 Å². The number of nitrogens with zero attached hydrogens (tertiary/aromatic N) is 2. The van der Waals surface area contributed by atoms with E-state index in [2.05, 4.69) is 31.3 Å². The van der Waals surface area contributed by atoms with Crippen molar-refractivity contribution in [3.05, 3.63) is 16.9 Å². The summed E-state index contributed by atoms with van der Waals surface area (Å²) in [7, 11) is 1.87. The molecule has 0 fully saturated rings. The Bertz CT molecular complexity index is 313. The summed E-state index contributed by atoms with van der Waals surface area (Å²) in [4.78, 5) is 0. The third-order valence-corrected chi connectivity index (χ3v) is 3.36. The average Bonchev–Trinajstić information content (AvgIpc) is 2.50. The summed E-state index contributed by atoms with van der Waals surface area (Å²) in [5.41, 5.74) is 3.80. The van der Waals surface area contributed by atoms with Crippen LogP contribution in [0.2, 0.25) is 5.02 Å².